The molecule has 0 bridgehead atoms. The summed E-state index contributed by atoms with van der Waals surface area (Å²) in [5, 5.41) is 3.09. The molecule has 0 aromatic heterocycles. The Balaban J connectivity index is 1.76. The number of nitrogens with one attached hydrogen (secondary N) is 2. The van der Waals surface area contributed by atoms with Gasteiger partial charge in [-0.2, -0.15) is 0 Å². The molecule has 2 N–H and O–H groups in total. The normalized spacial score (nSPS) is 21.0. The quantitative estimate of drug-likeness (QED) is 0.783. The van der Waals surface area contributed by atoms with Gasteiger partial charge in [0.05, 0.1) is 17.6 Å². The molecule has 1 saturated heterocycles. The van der Waals surface area contributed by atoms with Gasteiger partial charge < -0.3 is 10.2 Å². The highest BCUT2D eigenvalue weighted by Gasteiger charge is 2.49. The summed E-state index contributed by atoms with van der Waals surface area (Å²) < 4.78 is 14.0. The number of halogens is 2. The molecule has 0 aliphatic carbocycles. The third-order valence-corrected chi connectivity index (χ3v) is 4.95. The molecule has 7 heteroatoms. The minimum Gasteiger partial charge on any atom is -0.319 e. The van der Waals surface area contributed by atoms with Crippen LogP contribution in [-0.4, -0.2) is 30.6 Å². The van der Waals surface area contributed by atoms with Crippen molar-refractivity contribution >= 4 is 23.5 Å². The number of rotatable bonds is 5. The summed E-state index contributed by atoms with van der Waals surface area (Å²) in [6, 6.07) is 13.1. The topological polar surface area (TPSA) is 53.9 Å². The minimum atomic E-state index is -1.10. The number of hydrogen-bond donors (Lipinski definition) is 2. The van der Waals surface area contributed by atoms with Crippen molar-refractivity contribution in [2.45, 2.75) is 19.0 Å². The van der Waals surface area contributed by atoms with Gasteiger partial charge in [0.15, 0.2) is 6.67 Å². The molecule has 0 radical (unpaired) electrons. The summed E-state index contributed by atoms with van der Waals surface area (Å²) in [6.45, 7) is 2.05. The molecule has 1 aliphatic heterocycles. The summed E-state index contributed by atoms with van der Waals surface area (Å²) in [7, 11) is 1.78. The molecule has 5 nitrogen and oxygen atoms in total. The molecule has 1 heterocycles. The van der Waals surface area contributed by atoms with Crippen LogP contribution in [0.1, 0.15) is 18.1 Å². The number of carbonyl (C=O) groups is 2. The predicted octanol–water partition coefficient (Wildman–Crippen LogP) is 1.92. The number of nitrogens with zero attached hydrogens (tertiary/aromatic N) is 1. The smallest absolute Gasteiger partial charge is 0.319 e. The zero-order valence-corrected chi connectivity index (χ0v) is 15.3. The third kappa shape index (κ3) is 3.30. The maximum atomic E-state index is 14.0. The van der Waals surface area contributed by atoms with Gasteiger partial charge in [-0.25, -0.2) is 14.1 Å². The zero-order chi connectivity index (χ0) is 18.9. The second-order valence-electron chi connectivity index (χ2n) is 6.65. The van der Waals surface area contributed by atoms with Gasteiger partial charge in [-0.15, -0.1) is 0 Å². The van der Waals surface area contributed by atoms with Crippen molar-refractivity contribution in [2.75, 3.05) is 13.7 Å². The molecule has 26 heavy (non-hydrogen) atoms. The van der Waals surface area contributed by atoms with Gasteiger partial charge >= 0.3 is 6.03 Å². The Morgan fingerprint density at radius 2 is 1.85 bits per heavy atom. The highest BCUT2D eigenvalue weighted by molar-refractivity contribution is 6.31. The fourth-order valence-corrected chi connectivity index (χ4v) is 3.37. The highest BCUT2D eigenvalue weighted by Crippen LogP contribution is 2.28. The van der Waals surface area contributed by atoms with E-state index in [1.807, 2.05) is 18.2 Å². The van der Waals surface area contributed by atoms with E-state index in [2.05, 4.69) is 5.32 Å². The number of amides is 3. The molecule has 0 saturated carbocycles. The van der Waals surface area contributed by atoms with E-state index < -0.39 is 17.4 Å². The molecule has 136 valence electrons. The van der Waals surface area contributed by atoms with Crippen molar-refractivity contribution < 1.29 is 18.9 Å². The van der Waals surface area contributed by atoms with E-state index in [4.69, 9.17) is 11.6 Å². The van der Waals surface area contributed by atoms with Gasteiger partial charge in [0.2, 0.25) is 0 Å². The summed E-state index contributed by atoms with van der Waals surface area (Å²) in [5.41, 5.74) is -0.0194. The summed E-state index contributed by atoms with van der Waals surface area (Å²) >= 11 is 6.06. The Morgan fingerprint density at radius 3 is 2.50 bits per heavy atom. The fraction of sp³-hybridized carbons (Fsp3) is 0.263. The van der Waals surface area contributed by atoms with Gasteiger partial charge in [-0.1, -0.05) is 48.0 Å². The van der Waals surface area contributed by atoms with Crippen molar-refractivity contribution in [1.29, 1.82) is 0 Å². The predicted molar refractivity (Wildman–Crippen MR) is 96.0 cm³/mol. The molecule has 2 aromatic rings. The van der Waals surface area contributed by atoms with Crippen LogP contribution in [-0.2, 0) is 16.9 Å². The molecule has 3 rings (SSSR count). The largest absolute Gasteiger partial charge is 0.329 e. The van der Waals surface area contributed by atoms with Crippen molar-refractivity contribution in [3.8, 4) is 0 Å². The first-order valence-electron chi connectivity index (χ1n) is 8.27. The first kappa shape index (κ1) is 18.4. The molecular weight excluding hydrogens is 357 g/mol. The van der Waals surface area contributed by atoms with Crippen LogP contribution in [0.15, 0.2) is 48.5 Å². The SMILES string of the molecule is C[NH+](Cc1c(F)cccc1Cl)CN1C(=O)N[C@@](C)(c2ccccc2)C1=O. The Kier molecular flexibility index (Phi) is 4.98. The van der Waals surface area contributed by atoms with Gasteiger partial charge in [-0.3, -0.25) is 4.79 Å². The molecule has 1 unspecified atom stereocenters. The van der Waals surface area contributed by atoms with E-state index in [-0.39, 0.29) is 19.1 Å². The van der Waals surface area contributed by atoms with Crippen LogP contribution >= 0.6 is 11.6 Å². The van der Waals surface area contributed by atoms with Gasteiger partial charge in [-0.05, 0) is 24.6 Å². The maximum absolute atomic E-state index is 14.0. The lowest BCUT2D eigenvalue weighted by Crippen LogP contribution is -3.09. The first-order valence-corrected chi connectivity index (χ1v) is 8.64. The third-order valence-electron chi connectivity index (χ3n) is 4.59. The molecule has 0 spiro atoms. The lowest BCUT2D eigenvalue weighted by Gasteiger charge is -2.23. The monoisotopic (exact) mass is 376 g/mol. The highest BCUT2D eigenvalue weighted by atomic mass is 35.5. The number of hydrogen-bond acceptors (Lipinski definition) is 2. The average molecular weight is 377 g/mol. The average Bonchev–Trinajstić information content (AvgIpc) is 2.83. The standard InChI is InChI=1S/C19H19ClFN3O2/c1-19(13-7-4-3-5-8-13)17(25)24(18(26)22-19)12-23(2)11-14-15(20)9-6-10-16(14)21/h3-10H,11-12H2,1-2H3,(H,22,26)/p+1/t19-/m0/s1. The lowest BCUT2D eigenvalue weighted by molar-refractivity contribution is -0.901. The van der Waals surface area contributed by atoms with E-state index in [1.54, 1.807) is 38.2 Å². The van der Waals surface area contributed by atoms with Crippen LogP contribution in [0.25, 0.3) is 0 Å². The number of benzene rings is 2. The van der Waals surface area contributed by atoms with Crippen LogP contribution in [0.3, 0.4) is 0 Å². The van der Waals surface area contributed by atoms with E-state index in [1.165, 1.54) is 6.07 Å². The van der Waals surface area contributed by atoms with Crippen LogP contribution in [0.5, 0.6) is 0 Å². The number of quaternary nitrogens is 1. The Labute approximate surface area is 156 Å². The summed E-state index contributed by atoms with van der Waals surface area (Å²) in [4.78, 5) is 27.2. The molecule has 3 amide bonds. The van der Waals surface area contributed by atoms with Crippen LogP contribution in [0.2, 0.25) is 5.02 Å². The van der Waals surface area contributed by atoms with Gasteiger partial charge in [0, 0.05) is 0 Å². The Hall–Kier alpha value is -2.44. The van der Waals surface area contributed by atoms with Gasteiger partial charge in [0.1, 0.15) is 17.9 Å². The lowest BCUT2D eigenvalue weighted by atomic mass is 9.92. The second kappa shape index (κ2) is 7.05. The van der Waals surface area contributed by atoms with Crippen LogP contribution < -0.4 is 10.2 Å². The number of carbonyl (C=O) groups excluding carboxylic acids is 2. The van der Waals surface area contributed by atoms with E-state index >= 15 is 0 Å². The number of urea groups is 1. The van der Waals surface area contributed by atoms with E-state index in [0.29, 0.717) is 10.6 Å². The molecule has 1 aliphatic rings. The zero-order valence-electron chi connectivity index (χ0n) is 14.6. The fourth-order valence-electron chi connectivity index (χ4n) is 3.14. The maximum Gasteiger partial charge on any atom is 0.329 e. The second-order valence-corrected chi connectivity index (χ2v) is 7.05. The minimum absolute atomic E-state index is 0.109. The van der Waals surface area contributed by atoms with Crippen molar-refractivity contribution in [3.05, 3.63) is 70.5 Å². The Morgan fingerprint density at radius 1 is 1.15 bits per heavy atom. The van der Waals surface area contributed by atoms with Crippen molar-refractivity contribution in [1.82, 2.24) is 10.2 Å². The van der Waals surface area contributed by atoms with Crippen LogP contribution in [0, 0.1) is 5.82 Å². The molecule has 1 fully saturated rings. The summed E-state index contributed by atoms with van der Waals surface area (Å²) in [5.74, 6) is -0.726. The van der Waals surface area contributed by atoms with E-state index in [9.17, 15) is 14.0 Å². The molecule has 2 aromatic carbocycles. The van der Waals surface area contributed by atoms with Crippen molar-refractivity contribution in [2.24, 2.45) is 0 Å². The molecule has 2 atom stereocenters. The first-order chi connectivity index (χ1) is 12.3. The number of imide groups is 1. The Bertz CT molecular complexity index is 826. The van der Waals surface area contributed by atoms with Gasteiger partial charge in [0.25, 0.3) is 5.91 Å². The van der Waals surface area contributed by atoms with Crippen molar-refractivity contribution in [3.63, 3.8) is 0 Å². The van der Waals surface area contributed by atoms with Crippen LogP contribution in [0.4, 0.5) is 9.18 Å². The molecular formula is C19H20ClFN3O2+. The summed E-state index contributed by atoms with van der Waals surface area (Å²) in [6.07, 6.45) is 0. The van der Waals surface area contributed by atoms with E-state index in [0.717, 1.165) is 15.4 Å².